The van der Waals surface area contributed by atoms with Crippen LogP contribution in [-0.4, -0.2) is 102 Å². The minimum atomic E-state index is -0.675. The number of nitrogens with zero attached hydrogens (tertiary/aromatic N) is 6. The van der Waals surface area contributed by atoms with Crippen molar-refractivity contribution in [2.45, 2.75) is 6.23 Å². The number of nitrogens with one attached hydrogen (secondary N) is 1. The first-order chi connectivity index (χ1) is 20.3. The lowest BCUT2D eigenvalue weighted by atomic mass is 10.1. The van der Waals surface area contributed by atoms with Gasteiger partial charge in [0.25, 0.3) is 12.4 Å². The summed E-state index contributed by atoms with van der Waals surface area (Å²) in [5.41, 5.74) is 2.99. The van der Waals surface area contributed by atoms with E-state index in [0.717, 1.165) is 13.1 Å². The van der Waals surface area contributed by atoms with Crippen molar-refractivity contribution in [3.05, 3.63) is 70.8 Å². The molecule has 1 aliphatic heterocycles. The highest BCUT2D eigenvalue weighted by Gasteiger charge is 2.33. The smallest absolute Gasteiger partial charge is 0.295 e. The number of ether oxygens (including phenoxy) is 2. The standard InChI is InChI=1S/C29H31BrFN7O4/c1-35(2)10-11-36-12-13-38(26(17-36)42-18-39)29(40)21-6-5-20(15-22(21)30)34-27-28-33-16-24(37(28)9-8-32-27)19-4-7-25(41-3)23(31)14-19/h4-9,14-16,18,26H,10-13,17H2,1-3H3,(H,32,34). The third-order valence-corrected chi connectivity index (χ3v) is 7.75. The number of carbonyl (C=O) groups is 2. The molecule has 1 fully saturated rings. The Morgan fingerprint density at radius 1 is 1.21 bits per heavy atom. The van der Waals surface area contributed by atoms with E-state index in [-0.39, 0.29) is 11.7 Å². The van der Waals surface area contributed by atoms with Crippen LogP contribution in [0, 0.1) is 5.82 Å². The number of amides is 1. The molecule has 5 rings (SSSR count). The van der Waals surface area contributed by atoms with E-state index in [2.05, 4.69) is 41.0 Å². The summed E-state index contributed by atoms with van der Waals surface area (Å²) in [4.78, 5) is 39.5. The molecule has 4 aromatic rings. The van der Waals surface area contributed by atoms with E-state index in [1.165, 1.54) is 13.2 Å². The molecule has 42 heavy (non-hydrogen) atoms. The van der Waals surface area contributed by atoms with E-state index in [1.54, 1.807) is 53.8 Å². The predicted octanol–water partition coefficient (Wildman–Crippen LogP) is 3.87. The lowest BCUT2D eigenvalue weighted by molar-refractivity contribution is -0.146. The van der Waals surface area contributed by atoms with E-state index < -0.39 is 12.0 Å². The molecule has 0 spiro atoms. The Morgan fingerprint density at radius 2 is 2.05 bits per heavy atom. The van der Waals surface area contributed by atoms with Crippen LogP contribution in [0.15, 0.2) is 59.5 Å². The Kier molecular flexibility index (Phi) is 9.00. The number of aromatic nitrogens is 3. The molecular weight excluding hydrogens is 609 g/mol. The molecule has 1 atom stereocenters. The number of likely N-dealkylation sites (N-methyl/N-ethyl adjacent to an activating group) is 1. The minimum absolute atomic E-state index is 0.165. The van der Waals surface area contributed by atoms with Crippen molar-refractivity contribution in [3.8, 4) is 17.0 Å². The van der Waals surface area contributed by atoms with Gasteiger partial charge in [-0.15, -0.1) is 0 Å². The Bertz CT molecular complexity index is 1600. The third-order valence-electron chi connectivity index (χ3n) is 7.09. The molecule has 2 aromatic carbocycles. The SMILES string of the molecule is COc1ccc(-c2cnc3c(Nc4ccc(C(=O)N5CCN(CCN(C)C)CC5OC=O)c(Br)c4)nccn23)cc1F. The normalized spacial score (nSPS) is 15.7. The van der Waals surface area contributed by atoms with Gasteiger partial charge in [0.2, 0.25) is 0 Å². The molecular formula is C29H31BrFN7O4. The summed E-state index contributed by atoms with van der Waals surface area (Å²) in [6.45, 7) is 3.63. The van der Waals surface area contributed by atoms with Crippen molar-refractivity contribution in [3.63, 3.8) is 0 Å². The zero-order valence-corrected chi connectivity index (χ0v) is 25.0. The number of imidazole rings is 1. The molecule has 1 saturated heterocycles. The van der Waals surface area contributed by atoms with Gasteiger partial charge in [-0.2, -0.15) is 0 Å². The average Bonchev–Trinajstić information content (AvgIpc) is 3.41. The molecule has 0 radical (unpaired) electrons. The van der Waals surface area contributed by atoms with E-state index in [0.29, 0.717) is 64.6 Å². The number of piperazine rings is 1. The van der Waals surface area contributed by atoms with Gasteiger partial charge in [0.1, 0.15) is 0 Å². The van der Waals surface area contributed by atoms with Crippen LogP contribution in [0.3, 0.4) is 0 Å². The van der Waals surface area contributed by atoms with Gasteiger partial charge in [0.05, 0.1) is 31.1 Å². The first kappa shape index (κ1) is 29.4. The second-order valence-corrected chi connectivity index (χ2v) is 10.9. The Hall–Kier alpha value is -4.07. The summed E-state index contributed by atoms with van der Waals surface area (Å²) < 4.78 is 27.1. The van der Waals surface area contributed by atoms with E-state index in [1.807, 2.05) is 18.5 Å². The van der Waals surface area contributed by atoms with Gasteiger partial charge in [-0.25, -0.2) is 14.4 Å². The summed E-state index contributed by atoms with van der Waals surface area (Å²) in [6, 6.07) is 10.0. The zero-order valence-electron chi connectivity index (χ0n) is 23.5. The van der Waals surface area contributed by atoms with Crippen molar-refractivity contribution in [2.24, 2.45) is 0 Å². The topological polar surface area (TPSA) is 105 Å². The van der Waals surface area contributed by atoms with Crippen molar-refractivity contribution < 1.29 is 23.5 Å². The molecule has 1 unspecified atom stereocenters. The summed E-state index contributed by atoms with van der Waals surface area (Å²) >= 11 is 3.54. The number of hydrogen-bond donors (Lipinski definition) is 1. The fraction of sp³-hybridized carbons (Fsp3) is 0.310. The molecule has 1 N–H and O–H groups in total. The predicted molar refractivity (Wildman–Crippen MR) is 159 cm³/mol. The molecule has 1 amide bonds. The maximum Gasteiger partial charge on any atom is 0.295 e. The largest absolute Gasteiger partial charge is 0.494 e. The van der Waals surface area contributed by atoms with Gasteiger partial charge >= 0.3 is 0 Å². The van der Waals surface area contributed by atoms with Gasteiger partial charge < -0.3 is 24.6 Å². The fourth-order valence-corrected chi connectivity index (χ4v) is 5.41. The number of methoxy groups -OCH3 is 1. The molecule has 13 heteroatoms. The second-order valence-electron chi connectivity index (χ2n) is 10.1. The molecule has 11 nitrogen and oxygen atoms in total. The van der Waals surface area contributed by atoms with Crippen LogP contribution in [0.4, 0.5) is 15.9 Å². The first-order valence-corrected chi connectivity index (χ1v) is 14.1. The van der Waals surface area contributed by atoms with Gasteiger partial charge in [0, 0.05) is 54.3 Å². The number of hydrogen-bond acceptors (Lipinski definition) is 9. The quantitative estimate of drug-likeness (QED) is 0.259. The number of anilines is 2. The average molecular weight is 641 g/mol. The molecule has 2 aromatic heterocycles. The Balaban J connectivity index is 1.33. The van der Waals surface area contributed by atoms with Crippen LogP contribution in [0.1, 0.15) is 10.4 Å². The summed E-state index contributed by atoms with van der Waals surface area (Å²) in [5.74, 6) is -0.0559. The van der Waals surface area contributed by atoms with Gasteiger partial charge in [0.15, 0.2) is 29.3 Å². The molecule has 0 aliphatic carbocycles. The first-order valence-electron chi connectivity index (χ1n) is 13.3. The molecule has 0 bridgehead atoms. The highest BCUT2D eigenvalue weighted by Crippen LogP contribution is 2.30. The maximum absolute atomic E-state index is 14.4. The monoisotopic (exact) mass is 639 g/mol. The number of halogens is 2. The van der Waals surface area contributed by atoms with Crippen LogP contribution < -0.4 is 10.1 Å². The van der Waals surface area contributed by atoms with Gasteiger partial charge in [-0.1, -0.05) is 0 Å². The maximum atomic E-state index is 14.4. The lowest BCUT2D eigenvalue weighted by Crippen LogP contribution is -2.57. The minimum Gasteiger partial charge on any atom is -0.494 e. The molecule has 3 heterocycles. The lowest BCUT2D eigenvalue weighted by Gasteiger charge is -2.40. The van der Waals surface area contributed by atoms with Gasteiger partial charge in [-0.05, 0) is 66.4 Å². The number of benzene rings is 2. The van der Waals surface area contributed by atoms with Crippen molar-refractivity contribution in [1.82, 2.24) is 29.1 Å². The fourth-order valence-electron chi connectivity index (χ4n) is 4.87. The highest BCUT2D eigenvalue weighted by atomic mass is 79.9. The molecule has 0 saturated carbocycles. The number of carbonyl (C=O) groups excluding carboxylic acids is 2. The van der Waals surface area contributed by atoms with Crippen molar-refractivity contribution >= 4 is 45.5 Å². The van der Waals surface area contributed by atoms with Crippen LogP contribution in [0.5, 0.6) is 5.75 Å². The van der Waals surface area contributed by atoms with Crippen LogP contribution in [-0.2, 0) is 9.53 Å². The summed E-state index contributed by atoms with van der Waals surface area (Å²) in [7, 11) is 5.43. The van der Waals surface area contributed by atoms with Crippen LogP contribution in [0.25, 0.3) is 16.9 Å². The second kappa shape index (κ2) is 12.8. The molecule has 220 valence electrons. The van der Waals surface area contributed by atoms with E-state index in [4.69, 9.17) is 9.47 Å². The summed E-state index contributed by atoms with van der Waals surface area (Å²) in [5, 5.41) is 3.26. The Labute approximate surface area is 251 Å². The number of rotatable bonds is 10. The van der Waals surface area contributed by atoms with Gasteiger partial charge in [-0.3, -0.25) is 18.9 Å². The van der Waals surface area contributed by atoms with E-state index in [9.17, 15) is 14.0 Å². The third kappa shape index (κ3) is 6.22. The zero-order chi connectivity index (χ0) is 29.8. The number of fused-ring (bicyclic) bond motifs is 1. The van der Waals surface area contributed by atoms with E-state index >= 15 is 0 Å². The Morgan fingerprint density at radius 3 is 2.76 bits per heavy atom. The van der Waals surface area contributed by atoms with Crippen molar-refractivity contribution in [1.29, 1.82) is 0 Å². The summed E-state index contributed by atoms with van der Waals surface area (Å²) in [6.07, 6.45) is 4.35. The van der Waals surface area contributed by atoms with Crippen LogP contribution in [0.2, 0.25) is 0 Å². The van der Waals surface area contributed by atoms with Crippen LogP contribution >= 0.6 is 15.9 Å². The highest BCUT2D eigenvalue weighted by molar-refractivity contribution is 9.10. The molecule has 1 aliphatic rings. The van der Waals surface area contributed by atoms with Crippen molar-refractivity contribution in [2.75, 3.05) is 59.2 Å².